The molecule has 1 aromatic rings. The molecule has 1 unspecified atom stereocenters. The van der Waals surface area contributed by atoms with Crippen molar-refractivity contribution in [3.05, 3.63) is 33.8 Å². The monoisotopic (exact) mass is 297 g/mol. The van der Waals surface area contributed by atoms with Crippen LogP contribution in [0.2, 0.25) is 10.0 Å². The van der Waals surface area contributed by atoms with Crippen LogP contribution in [0.1, 0.15) is 50.2 Å². The van der Waals surface area contributed by atoms with Gasteiger partial charge >= 0.3 is 0 Å². The number of aliphatic hydroxyl groups is 1. The lowest BCUT2D eigenvalue weighted by Crippen LogP contribution is -2.27. The Morgan fingerprint density at radius 1 is 1.11 bits per heavy atom. The number of halogens is 2. The second-order valence-corrected chi connectivity index (χ2v) is 6.07. The number of benzene rings is 1. The molecule has 0 saturated heterocycles. The van der Waals surface area contributed by atoms with E-state index in [1.165, 1.54) is 0 Å². The van der Waals surface area contributed by atoms with Crippen LogP contribution in [0.25, 0.3) is 0 Å². The molecule has 2 nitrogen and oxygen atoms in total. The van der Waals surface area contributed by atoms with E-state index in [0.29, 0.717) is 15.6 Å². The van der Waals surface area contributed by atoms with Gasteiger partial charge < -0.3 is 5.11 Å². The Morgan fingerprint density at radius 3 is 2.26 bits per heavy atom. The Kier molecular flexibility index (Phi) is 4.73. The molecule has 0 aliphatic heterocycles. The molecule has 0 amide bonds. The van der Waals surface area contributed by atoms with Gasteiger partial charge in [-0.05, 0) is 30.5 Å². The molecule has 1 saturated carbocycles. The van der Waals surface area contributed by atoms with Crippen molar-refractivity contribution in [1.29, 1.82) is 5.26 Å². The lowest BCUT2D eigenvalue weighted by molar-refractivity contribution is 0.0516. The van der Waals surface area contributed by atoms with Gasteiger partial charge in [0.15, 0.2) is 0 Å². The fourth-order valence-corrected chi connectivity index (χ4v) is 3.11. The number of nitriles is 1. The van der Waals surface area contributed by atoms with Crippen molar-refractivity contribution in [1.82, 2.24) is 0 Å². The first-order chi connectivity index (χ1) is 9.09. The van der Waals surface area contributed by atoms with Crippen molar-refractivity contribution >= 4 is 23.2 Å². The second kappa shape index (κ2) is 6.13. The first kappa shape index (κ1) is 14.7. The number of rotatable bonds is 2. The van der Waals surface area contributed by atoms with Crippen molar-refractivity contribution in [3.63, 3.8) is 0 Å². The summed E-state index contributed by atoms with van der Waals surface area (Å²) in [7, 11) is 0. The van der Waals surface area contributed by atoms with E-state index in [2.05, 4.69) is 6.07 Å². The van der Waals surface area contributed by atoms with Crippen LogP contribution < -0.4 is 0 Å². The fourth-order valence-electron chi connectivity index (χ4n) is 2.81. The average molecular weight is 298 g/mol. The lowest BCUT2D eigenvalue weighted by atomic mass is 9.74. The van der Waals surface area contributed by atoms with E-state index in [-0.39, 0.29) is 0 Å². The maximum absolute atomic E-state index is 10.6. The van der Waals surface area contributed by atoms with E-state index < -0.39 is 11.5 Å². The SMILES string of the molecule is N#CC1(C(O)c2ccc(Cl)c(Cl)c2)CCCCCC1. The molecule has 102 valence electrons. The molecule has 0 aromatic heterocycles. The van der Waals surface area contributed by atoms with Crippen LogP contribution in [-0.4, -0.2) is 5.11 Å². The fraction of sp³-hybridized carbons (Fsp3) is 0.533. The molecule has 19 heavy (non-hydrogen) atoms. The van der Waals surface area contributed by atoms with Gasteiger partial charge in [-0.15, -0.1) is 0 Å². The third-order valence-corrected chi connectivity index (χ3v) is 4.74. The van der Waals surface area contributed by atoms with Crippen molar-refractivity contribution in [3.8, 4) is 6.07 Å². The molecular formula is C15H17Cl2NO. The first-order valence-electron chi connectivity index (χ1n) is 6.63. The normalized spacial score (nSPS) is 20.3. The summed E-state index contributed by atoms with van der Waals surface area (Å²) in [6.07, 6.45) is 4.94. The van der Waals surface area contributed by atoms with Crippen LogP contribution in [0.15, 0.2) is 18.2 Å². The van der Waals surface area contributed by atoms with Crippen LogP contribution >= 0.6 is 23.2 Å². The third-order valence-electron chi connectivity index (χ3n) is 4.00. The largest absolute Gasteiger partial charge is 0.387 e. The Labute approximate surface area is 124 Å². The van der Waals surface area contributed by atoms with Gasteiger partial charge in [-0.3, -0.25) is 0 Å². The minimum Gasteiger partial charge on any atom is -0.387 e. The summed E-state index contributed by atoms with van der Waals surface area (Å²) in [6.45, 7) is 0. The van der Waals surface area contributed by atoms with Crippen molar-refractivity contribution in [2.45, 2.75) is 44.6 Å². The zero-order chi connectivity index (χ0) is 13.9. The Morgan fingerprint density at radius 2 is 1.74 bits per heavy atom. The van der Waals surface area contributed by atoms with E-state index in [9.17, 15) is 10.4 Å². The van der Waals surface area contributed by atoms with Crippen molar-refractivity contribution in [2.24, 2.45) is 5.41 Å². The van der Waals surface area contributed by atoms with Crippen LogP contribution in [0.3, 0.4) is 0 Å². The summed E-state index contributed by atoms with van der Waals surface area (Å²) < 4.78 is 0. The Bertz CT molecular complexity index is 487. The van der Waals surface area contributed by atoms with Gasteiger partial charge in [-0.25, -0.2) is 0 Å². The summed E-state index contributed by atoms with van der Waals surface area (Å²) in [5.74, 6) is 0. The summed E-state index contributed by atoms with van der Waals surface area (Å²) in [6, 6.07) is 7.45. The summed E-state index contributed by atoms with van der Waals surface area (Å²) >= 11 is 11.9. The molecule has 1 aliphatic carbocycles. The zero-order valence-electron chi connectivity index (χ0n) is 10.7. The second-order valence-electron chi connectivity index (χ2n) is 5.26. The Balaban J connectivity index is 2.31. The molecule has 0 bridgehead atoms. The highest BCUT2D eigenvalue weighted by molar-refractivity contribution is 6.42. The minimum absolute atomic E-state index is 0.417. The molecule has 0 heterocycles. The molecule has 1 atom stereocenters. The predicted molar refractivity (Wildman–Crippen MR) is 77.2 cm³/mol. The maximum atomic E-state index is 10.6. The number of hydrogen-bond donors (Lipinski definition) is 1. The topological polar surface area (TPSA) is 44.0 Å². The molecule has 2 rings (SSSR count). The van der Waals surface area contributed by atoms with Gasteiger partial charge in [0.1, 0.15) is 0 Å². The minimum atomic E-state index is -0.801. The van der Waals surface area contributed by atoms with Crippen LogP contribution in [0.4, 0.5) is 0 Å². The molecule has 0 spiro atoms. The summed E-state index contributed by atoms with van der Waals surface area (Å²) in [5, 5.41) is 21.0. The average Bonchev–Trinajstić information content (AvgIpc) is 2.67. The van der Waals surface area contributed by atoms with Gasteiger partial charge in [-0.1, -0.05) is 55.0 Å². The smallest absolute Gasteiger partial charge is 0.0976 e. The highest BCUT2D eigenvalue weighted by Crippen LogP contribution is 2.45. The lowest BCUT2D eigenvalue weighted by Gasteiger charge is -2.31. The van der Waals surface area contributed by atoms with Gasteiger partial charge in [0, 0.05) is 0 Å². The summed E-state index contributed by atoms with van der Waals surface area (Å²) in [5.41, 5.74) is -0.00828. The molecular weight excluding hydrogens is 281 g/mol. The molecule has 0 radical (unpaired) electrons. The number of nitrogens with zero attached hydrogens (tertiary/aromatic N) is 1. The van der Waals surface area contributed by atoms with E-state index in [4.69, 9.17) is 23.2 Å². The molecule has 1 fully saturated rings. The first-order valence-corrected chi connectivity index (χ1v) is 7.39. The zero-order valence-corrected chi connectivity index (χ0v) is 12.2. The highest BCUT2D eigenvalue weighted by atomic mass is 35.5. The van der Waals surface area contributed by atoms with Crippen molar-refractivity contribution in [2.75, 3.05) is 0 Å². The highest BCUT2D eigenvalue weighted by Gasteiger charge is 2.39. The third kappa shape index (κ3) is 3.05. The van der Waals surface area contributed by atoms with Gasteiger partial charge in [0.05, 0.1) is 27.6 Å². The molecule has 1 aromatic carbocycles. The van der Waals surface area contributed by atoms with Crippen LogP contribution in [0, 0.1) is 16.7 Å². The Hall–Kier alpha value is -0.750. The molecule has 1 aliphatic rings. The van der Waals surface area contributed by atoms with E-state index in [0.717, 1.165) is 38.5 Å². The standard InChI is InChI=1S/C15H17Cl2NO/c16-12-6-5-11(9-13(12)17)14(19)15(10-18)7-3-1-2-4-8-15/h5-6,9,14,19H,1-4,7-8H2. The van der Waals surface area contributed by atoms with Gasteiger partial charge in [0.25, 0.3) is 0 Å². The maximum Gasteiger partial charge on any atom is 0.0976 e. The summed E-state index contributed by atoms with van der Waals surface area (Å²) in [4.78, 5) is 0. The predicted octanol–water partition coefficient (Wildman–Crippen LogP) is 4.89. The number of hydrogen-bond acceptors (Lipinski definition) is 2. The molecule has 4 heteroatoms. The van der Waals surface area contributed by atoms with E-state index >= 15 is 0 Å². The number of aliphatic hydroxyl groups excluding tert-OH is 1. The van der Waals surface area contributed by atoms with Crippen LogP contribution in [-0.2, 0) is 0 Å². The van der Waals surface area contributed by atoms with Gasteiger partial charge in [-0.2, -0.15) is 5.26 Å². The van der Waals surface area contributed by atoms with Gasteiger partial charge in [0.2, 0.25) is 0 Å². The quantitative estimate of drug-likeness (QED) is 0.790. The van der Waals surface area contributed by atoms with Crippen LogP contribution in [0.5, 0.6) is 0 Å². The van der Waals surface area contributed by atoms with Crippen molar-refractivity contribution < 1.29 is 5.11 Å². The van der Waals surface area contributed by atoms with E-state index in [1.54, 1.807) is 18.2 Å². The molecule has 1 N–H and O–H groups in total. The van der Waals surface area contributed by atoms with E-state index in [1.807, 2.05) is 0 Å².